The van der Waals surface area contributed by atoms with E-state index in [9.17, 15) is 5.11 Å². The highest BCUT2D eigenvalue weighted by Gasteiger charge is 2.29. The van der Waals surface area contributed by atoms with Crippen LogP contribution in [-0.4, -0.2) is 35.7 Å². The molecule has 0 amide bonds. The molecule has 1 aromatic rings. The first-order chi connectivity index (χ1) is 7.34. The molecule has 1 aromatic carbocycles. The number of aliphatic hydroxyl groups excluding tert-OH is 1. The van der Waals surface area contributed by atoms with Gasteiger partial charge in [-0.3, -0.25) is 0 Å². The van der Waals surface area contributed by atoms with Crippen LogP contribution in [0.1, 0.15) is 19.4 Å². The van der Waals surface area contributed by atoms with Gasteiger partial charge in [0.15, 0.2) is 0 Å². The Kier molecular flexibility index (Phi) is 4.36. The Morgan fingerprint density at radius 2 is 2.00 bits per heavy atom. The zero-order valence-corrected chi connectivity index (χ0v) is 11.1. The molecule has 0 spiro atoms. The Balaban J connectivity index is 2.75. The van der Waals surface area contributed by atoms with Crippen LogP contribution in [0.5, 0.6) is 0 Å². The highest BCUT2D eigenvalue weighted by molar-refractivity contribution is 6.30. The van der Waals surface area contributed by atoms with Gasteiger partial charge in [0.05, 0.1) is 6.10 Å². The molecular formula is C13H20ClNO. The SMILES string of the molecule is CN(C)C(C)(C)C(O)Cc1cccc(Cl)c1. The van der Waals surface area contributed by atoms with E-state index in [1.807, 2.05) is 57.1 Å². The van der Waals surface area contributed by atoms with Crippen molar-refractivity contribution in [2.24, 2.45) is 0 Å². The van der Waals surface area contributed by atoms with Gasteiger partial charge < -0.3 is 10.0 Å². The summed E-state index contributed by atoms with van der Waals surface area (Å²) < 4.78 is 0. The number of hydrogen-bond acceptors (Lipinski definition) is 2. The molecule has 0 aliphatic carbocycles. The number of rotatable bonds is 4. The molecule has 0 saturated carbocycles. The quantitative estimate of drug-likeness (QED) is 0.876. The van der Waals surface area contributed by atoms with Gasteiger partial charge in [0.2, 0.25) is 0 Å². The van der Waals surface area contributed by atoms with Crippen LogP contribution in [0.4, 0.5) is 0 Å². The molecule has 3 heteroatoms. The maximum absolute atomic E-state index is 10.2. The lowest BCUT2D eigenvalue weighted by molar-refractivity contribution is 0.0183. The third-order valence-corrected chi connectivity index (χ3v) is 3.52. The molecule has 1 N–H and O–H groups in total. The Bertz CT molecular complexity index is 350. The number of benzene rings is 1. The molecule has 0 radical (unpaired) electrons. The first kappa shape index (κ1) is 13.5. The topological polar surface area (TPSA) is 23.5 Å². The Morgan fingerprint density at radius 1 is 1.38 bits per heavy atom. The third-order valence-electron chi connectivity index (χ3n) is 3.29. The molecule has 1 rings (SSSR count). The molecule has 0 heterocycles. The van der Waals surface area contributed by atoms with Crippen LogP contribution in [-0.2, 0) is 6.42 Å². The van der Waals surface area contributed by atoms with E-state index in [4.69, 9.17) is 11.6 Å². The van der Waals surface area contributed by atoms with E-state index in [-0.39, 0.29) is 5.54 Å². The van der Waals surface area contributed by atoms with Crippen molar-refractivity contribution in [3.05, 3.63) is 34.9 Å². The second-order valence-electron chi connectivity index (χ2n) is 4.90. The van der Waals surface area contributed by atoms with Crippen molar-refractivity contribution in [3.8, 4) is 0 Å². The second-order valence-corrected chi connectivity index (χ2v) is 5.33. The van der Waals surface area contributed by atoms with Crippen molar-refractivity contribution in [3.63, 3.8) is 0 Å². The van der Waals surface area contributed by atoms with Gasteiger partial charge in [0.25, 0.3) is 0 Å². The van der Waals surface area contributed by atoms with Crippen molar-refractivity contribution in [1.82, 2.24) is 4.90 Å². The van der Waals surface area contributed by atoms with E-state index in [1.165, 1.54) is 0 Å². The first-order valence-corrected chi connectivity index (χ1v) is 5.82. The minimum Gasteiger partial charge on any atom is -0.391 e. The van der Waals surface area contributed by atoms with Crippen LogP contribution in [0, 0.1) is 0 Å². The number of aliphatic hydroxyl groups is 1. The maximum atomic E-state index is 10.2. The molecule has 1 atom stereocenters. The summed E-state index contributed by atoms with van der Waals surface area (Å²) in [6.07, 6.45) is 0.201. The van der Waals surface area contributed by atoms with Crippen molar-refractivity contribution >= 4 is 11.6 Å². The summed E-state index contributed by atoms with van der Waals surface area (Å²) in [4.78, 5) is 2.03. The maximum Gasteiger partial charge on any atom is 0.0758 e. The summed E-state index contributed by atoms with van der Waals surface area (Å²) >= 11 is 5.91. The van der Waals surface area contributed by atoms with E-state index in [0.29, 0.717) is 11.4 Å². The molecule has 16 heavy (non-hydrogen) atoms. The van der Waals surface area contributed by atoms with Gasteiger partial charge >= 0.3 is 0 Å². The Labute approximate surface area is 103 Å². The van der Waals surface area contributed by atoms with Crippen LogP contribution in [0.25, 0.3) is 0 Å². The van der Waals surface area contributed by atoms with Gasteiger partial charge in [-0.05, 0) is 45.6 Å². The first-order valence-electron chi connectivity index (χ1n) is 5.44. The lowest BCUT2D eigenvalue weighted by Crippen LogP contribution is -2.49. The predicted molar refractivity (Wildman–Crippen MR) is 68.9 cm³/mol. The molecule has 0 saturated heterocycles. The number of halogens is 1. The fourth-order valence-corrected chi connectivity index (χ4v) is 1.65. The van der Waals surface area contributed by atoms with Crippen LogP contribution in [0.3, 0.4) is 0 Å². The summed E-state index contributed by atoms with van der Waals surface area (Å²) in [6, 6.07) is 7.64. The standard InChI is InChI=1S/C13H20ClNO/c1-13(2,15(3)4)12(16)9-10-6-5-7-11(14)8-10/h5-8,12,16H,9H2,1-4H3. The fraction of sp³-hybridized carbons (Fsp3) is 0.538. The highest BCUT2D eigenvalue weighted by atomic mass is 35.5. The molecular weight excluding hydrogens is 222 g/mol. The van der Waals surface area contributed by atoms with Crippen molar-refractivity contribution in [2.75, 3.05) is 14.1 Å². The van der Waals surface area contributed by atoms with E-state index in [1.54, 1.807) is 0 Å². The van der Waals surface area contributed by atoms with Crippen molar-refractivity contribution < 1.29 is 5.11 Å². The summed E-state index contributed by atoms with van der Waals surface area (Å²) in [7, 11) is 3.95. The number of likely N-dealkylation sites (N-methyl/N-ethyl adjacent to an activating group) is 1. The lowest BCUT2D eigenvalue weighted by atomic mass is 9.91. The minimum atomic E-state index is -0.416. The third kappa shape index (κ3) is 3.21. The highest BCUT2D eigenvalue weighted by Crippen LogP contribution is 2.20. The summed E-state index contributed by atoms with van der Waals surface area (Å²) in [6.45, 7) is 4.06. The van der Waals surface area contributed by atoms with Crippen molar-refractivity contribution in [1.29, 1.82) is 0 Å². The molecule has 2 nitrogen and oxygen atoms in total. The minimum absolute atomic E-state index is 0.248. The molecule has 0 aromatic heterocycles. The van der Waals surface area contributed by atoms with E-state index in [2.05, 4.69) is 0 Å². The largest absolute Gasteiger partial charge is 0.391 e. The van der Waals surface area contributed by atoms with Gasteiger partial charge in [0, 0.05) is 17.0 Å². The van der Waals surface area contributed by atoms with Gasteiger partial charge in [0.1, 0.15) is 0 Å². The predicted octanol–water partition coefficient (Wildman–Crippen LogP) is 2.58. The zero-order valence-electron chi connectivity index (χ0n) is 10.4. The average Bonchev–Trinajstić information content (AvgIpc) is 2.17. The smallest absolute Gasteiger partial charge is 0.0758 e. The molecule has 0 bridgehead atoms. The average molecular weight is 242 g/mol. The van der Waals surface area contributed by atoms with Gasteiger partial charge in [-0.25, -0.2) is 0 Å². The van der Waals surface area contributed by atoms with E-state index < -0.39 is 6.10 Å². The summed E-state index contributed by atoms with van der Waals surface area (Å²) in [5, 5.41) is 10.9. The monoisotopic (exact) mass is 241 g/mol. The zero-order chi connectivity index (χ0) is 12.3. The second kappa shape index (κ2) is 5.17. The summed E-state index contributed by atoms with van der Waals surface area (Å²) in [5.41, 5.74) is 0.817. The number of hydrogen-bond donors (Lipinski definition) is 1. The molecule has 0 aliphatic rings. The van der Waals surface area contributed by atoms with Crippen LogP contribution >= 0.6 is 11.6 Å². The van der Waals surface area contributed by atoms with E-state index in [0.717, 1.165) is 5.56 Å². The molecule has 1 unspecified atom stereocenters. The van der Waals surface area contributed by atoms with Gasteiger partial charge in [-0.2, -0.15) is 0 Å². The molecule has 90 valence electrons. The normalized spacial score (nSPS) is 14.2. The molecule has 0 fully saturated rings. The van der Waals surface area contributed by atoms with Crippen LogP contribution in [0.15, 0.2) is 24.3 Å². The Hall–Kier alpha value is -0.570. The summed E-state index contributed by atoms with van der Waals surface area (Å²) in [5.74, 6) is 0. The number of nitrogens with zero attached hydrogens (tertiary/aromatic N) is 1. The molecule has 0 aliphatic heterocycles. The van der Waals surface area contributed by atoms with Crippen LogP contribution in [0.2, 0.25) is 5.02 Å². The fourth-order valence-electron chi connectivity index (χ4n) is 1.44. The van der Waals surface area contributed by atoms with Gasteiger partial charge in [-0.1, -0.05) is 23.7 Å². The van der Waals surface area contributed by atoms with E-state index >= 15 is 0 Å². The lowest BCUT2D eigenvalue weighted by Gasteiger charge is -2.37. The van der Waals surface area contributed by atoms with Crippen molar-refractivity contribution in [2.45, 2.75) is 31.9 Å². The Morgan fingerprint density at radius 3 is 2.50 bits per heavy atom. The van der Waals surface area contributed by atoms with Gasteiger partial charge in [-0.15, -0.1) is 0 Å². The van der Waals surface area contributed by atoms with Crippen LogP contribution < -0.4 is 0 Å².